The molecule has 27 heavy (non-hydrogen) atoms. The molecule has 3 N–H and O–H groups in total. The number of nitrogens with zero attached hydrogens (tertiary/aromatic N) is 2. The monoisotopic (exact) mass is 367 g/mol. The fourth-order valence-electron chi connectivity index (χ4n) is 3.76. The molecule has 0 aliphatic carbocycles. The number of carbonyl (C=O) groups is 2. The Hall–Kier alpha value is -2.67. The van der Waals surface area contributed by atoms with Crippen molar-refractivity contribution in [1.82, 2.24) is 20.4 Å². The smallest absolute Gasteiger partial charge is 0.276 e. The highest BCUT2D eigenvalue weighted by Crippen LogP contribution is 2.19. The number of carbonyl (C=O) groups excluding carboxylic acids is 2. The molecule has 3 heterocycles. The van der Waals surface area contributed by atoms with Gasteiger partial charge in [-0.1, -0.05) is 12.8 Å². The summed E-state index contributed by atoms with van der Waals surface area (Å²) in [6, 6.07) is 7.12. The standard InChI is InChI=1S/C20H25N5O2/c26-19(18-16-13-21-10-9-17(16)23-24-18)22-15-7-5-14(6-8-15)20(27)25-11-3-1-2-4-12-25/h5-8,21H,1-4,9-13H2,(H,22,26)(H,23,24). The lowest BCUT2D eigenvalue weighted by Gasteiger charge is -2.20. The van der Waals surface area contributed by atoms with E-state index in [1.54, 1.807) is 24.3 Å². The number of anilines is 1. The second-order valence-electron chi connectivity index (χ2n) is 7.19. The van der Waals surface area contributed by atoms with E-state index in [9.17, 15) is 9.59 Å². The number of amides is 2. The highest BCUT2D eigenvalue weighted by atomic mass is 16.2. The van der Waals surface area contributed by atoms with E-state index < -0.39 is 0 Å². The molecule has 142 valence electrons. The molecule has 7 heteroatoms. The Balaban J connectivity index is 1.42. The Labute approximate surface area is 158 Å². The Kier molecular flexibility index (Phi) is 5.20. The molecule has 0 saturated carbocycles. The second kappa shape index (κ2) is 7.92. The molecular formula is C20H25N5O2. The molecule has 2 aromatic rings. The van der Waals surface area contributed by atoms with E-state index in [1.807, 2.05) is 4.90 Å². The van der Waals surface area contributed by atoms with Crippen LogP contribution in [0.3, 0.4) is 0 Å². The minimum atomic E-state index is -0.234. The Morgan fingerprint density at radius 2 is 1.78 bits per heavy atom. The molecular weight excluding hydrogens is 342 g/mol. The first-order valence-electron chi connectivity index (χ1n) is 9.70. The van der Waals surface area contributed by atoms with Crippen LogP contribution in [0.25, 0.3) is 0 Å². The number of nitrogens with one attached hydrogen (secondary N) is 3. The largest absolute Gasteiger partial charge is 0.339 e. The third-order valence-electron chi connectivity index (χ3n) is 5.30. The summed E-state index contributed by atoms with van der Waals surface area (Å²) in [6.45, 7) is 3.20. The fourth-order valence-corrected chi connectivity index (χ4v) is 3.76. The number of fused-ring (bicyclic) bond motifs is 1. The fraction of sp³-hybridized carbons (Fsp3) is 0.450. The van der Waals surface area contributed by atoms with E-state index in [0.717, 1.165) is 50.2 Å². The highest BCUT2D eigenvalue weighted by Gasteiger charge is 2.22. The van der Waals surface area contributed by atoms with Crippen molar-refractivity contribution in [3.63, 3.8) is 0 Å². The van der Waals surface area contributed by atoms with Gasteiger partial charge in [0.25, 0.3) is 11.8 Å². The molecule has 1 fully saturated rings. The lowest BCUT2D eigenvalue weighted by Crippen LogP contribution is -2.31. The summed E-state index contributed by atoms with van der Waals surface area (Å²) in [5.74, 6) is -0.162. The van der Waals surface area contributed by atoms with Crippen LogP contribution in [0.4, 0.5) is 5.69 Å². The van der Waals surface area contributed by atoms with Gasteiger partial charge < -0.3 is 15.5 Å². The minimum absolute atomic E-state index is 0.0715. The molecule has 2 aliphatic heterocycles. The number of likely N-dealkylation sites (tertiary alicyclic amines) is 1. The van der Waals surface area contributed by atoms with Crippen LogP contribution in [0, 0.1) is 0 Å². The van der Waals surface area contributed by atoms with Gasteiger partial charge in [0.2, 0.25) is 0 Å². The Morgan fingerprint density at radius 3 is 2.52 bits per heavy atom. The summed E-state index contributed by atoms with van der Waals surface area (Å²) in [6.07, 6.45) is 5.39. The van der Waals surface area contributed by atoms with Gasteiger partial charge in [0.05, 0.1) is 0 Å². The van der Waals surface area contributed by atoms with Gasteiger partial charge >= 0.3 is 0 Å². The second-order valence-corrected chi connectivity index (χ2v) is 7.19. The first-order chi connectivity index (χ1) is 13.2. The molecule has 1 saturated heterocycles. The minimum Gasteiger partial charge on any atom is -0.339 e. The zero-order chi connectivity index (χ0) is 18.6. The molecule has 1 aromatic heterocycles. The first kappa shape index (κ1) is 17.7. The first-order valence-corrected chi connectivity index (χ1v) is 9.70. The van der Waals surface area contributed by atoms with Gasteiger partial charge in [0.15, 0.2) is 5.69 Å². The van der Waals surface area contributed by atoms with Crippen molar-refractivity contribution in [3.05, 3.63) is 46.8 Å². The average molecular weight is 367 g/mol. The normalized spacial score (nSPS) is 17.1. The zero-order valence-electron chi connectivity index (χ0n) is 15.4. The lowest BCUT2D eigenvalue weighted by molar-refractivity contribution is 0.0761. The molecule has 0 spiro atoms. The topological polar surface area (TPSA) is 90.1 Å². The van der Waals surface area contributed by atoms with Crippen molar-refractivity contribution >= 4 is 17.5 Å². The van der Waals surface area contributed by atoms with E-state index in [-0.39, 0.29) is 11.8 Å². The predicted octanol–water partition coefficient (Wildman–Crippen LogP) is 2.32. The van der Waals surface area contributed by atoms with Crippen molar-refractivity contribution in [3.8, 4) is 0 Å². The summed E-state index contributed by atoms with van der Waals surface area (Å²) < 4.78 is 0. The lowest BCUT2D eigenvalue weighted by atomic mass is 10.1. The molecule has 0 radical (unpaired) electrons. The van der Waals surface area contributed by atoms with Gasteiger partial charge in [0.1, 0.15) is 0 Å². The summed E-state index contributed by atoms with van der Waals surface area (Å²) in [4.78, 5) is 27.1. The maximum Gasteiger partial charge on any atom is 0.276 e. The van der Waals surface area contributed by atoms with Crippen molar-refractivity contribution in [1.29, 1.82) is 0 Å². The van der Waals surface area contributed by atoms with Crippen LogP contribution in [-0.4, -0.2) is 46.5 Å². The van der Waals surface area contributed by atoms with Crippen molar-refractivity contribution < 1.29 is 9.59 Å². The van der Waals surface area contributed by atoms with Crippen LogP contribution in [0.2, 0.25) is 0 Å². The Morgan fingerprint density at radius 1 is 1.04 bits per heavy atom. The van der Waals surface area contributed by atoms with Gasteiger partial charge in [0, 0.05) is 55.1 Å². The third-order valence-corrected chi connectivity index (χ3v) is 5.30. The van der Waals surface area contributed by atoms with Crippen molar-refractivity contribution in [2.24, 2.45) is 0 Å². The number of aromatic nitrogens is 2. The molecule has 0 bridgehead atoms. The average Bonchev–Trinajstić information content (AvgIpc) is 2.94. The van der Waals surface area contributed by atoms with Crippen molar-refractivity contribution in [2.75, 3.05) is 25.0 Å². The maximum absolute atomic E-state index is 12.7. The van der Waals surface area contributed by atoms with Gasteiger partial charge in [-0.15, -0.1) is 0 Å². The SMILES string of the molecule is O=C(Nc1ccc(C(=O)N2CCCCCC2)cc1)c1n[nH]c2c1CNCC2. The number of hydrogen-bond donors (Lipinski definition) is 3. The molecule has 4 rings (SSSR count). The van der Waals surface area contributed by atoms with E-state index in [0.29, 0.717) is 23.5 Å². The van der Waals surface area contributed by atoms with Crippen LogP contribution < -0.4 is 10.6 Å². The maximum atomic E-state index is 12.7. The number of rotatable bonds is 3. The summed E-state index contributed by atoms with van der Waals surface area (Å²) in [5.41, 5.74) is 3.72. The van der Waals surface area contributed by atoms with Gasteiger partial charge in [-0.3, -0.25) is 14.7 Å². The molecule has 1 aromatic carbocycles. The quantitative estimate of drug-likeness (QED) is 0.777. The summed E-state index contributed by atoms with van der Waals surface area (Å²) in [5, 5.41) is 13.3. The zero-order valence-corrected chi connectivity index (χ0v) is 15.4. The van der Waals surface area contributed by atoms with E-state index in [1.165, 1.54) is 12.8 Å². The molecule has 0 atom stereocenters. The van der Waals surface area contributed by atoms with Crippen LogP contribution in [0.15, 0.2) is 24.3 Å². The molecule has 0 unspecified atom stereocenters. The van der Waals surface area contributed by atoms with Crippen molar-refractivity contribution in [2.45, 2.75) is 38.6 Å². The molecule has 2 amide bonds. The predicted molar refractivity (Wildman–Crippen MR) is 103 cm³/mol. The summed E-state index contributed by atoms with van der Waals surface area (Å²) >= 11 is 0. The van der Waals surface area contributed by atoms with Gasteiger partial charge in [-0.2, -0.15) is 5.10 Å². The number of benzene rings is 1. The van der Waals surface area contributed by atoms with Crippen LogP contribution in [0.1, 0.15) is 57.8 Å². The Bertz CT molecular complexity index is 819. The molecule has 2 aliphatic rings. The van der Waals surface area contributed by atoms with E-state index in [4.69, 9.17) is 0 Å². The molecule has 7 nitrogen and oxygen atoms in total. The van der Waals surface area contributed by atoms with E-state index in [2.05, 4.69) is 20.8 Å². The number of hydrogen-bond acceptors (Lipinski definition) is 4. The number of aromatic amines is 1. The van der Waals surface area contributed by atoms with E-state index >= 15 is 0 Å². The third kappa shape index (κ3) is 3.88. The highest BCUT2D eigenvalue weighted by molar-refractivity contribution is 6.04. The van der Waals surface area contributed by atoms with Crippen LogP contribution in [-0.2, 0) is 13.0 Å². The van der Waals surface area contributed by atoms with Crippen LogP contribution >= 0.6 is 0 Å². The van der Waals surface area contributed by atoms with Gasteiger partial charge in [-0.25, -0.2) is 0 Å². The van der Waals surface area contributed by atoms with Gasteiger partial charge in [-0.05, 0) is 37.1 Å². The number of H-pyrrole nitrogens is 1. The van der Waals surface area contributed by atoms with Crippen LogP contribution in [0.5, 0.6) is 0 Å². The summed E-state index contributed by atoms with van der Waals surface area (Å²) in [7, 11) is 0.